The van der Waals surface area contributed by atoms with Crippen LogP contribution in [-0.2, 0) is 16.9 Å². The maximum Gasteiger partial charge on any atom is 0.208 e. The number of aromatic nitrogens is 1. The smallest absolute Gasteiger partial charge is 0.208 e. The molecule has 1 aliphatic rings. The van der Waals surface area contributed by atoms with Crippen LogP contribution in [0.5, 0.6) is 0 Å². The van der Waals surface area contributed by atoms with Crippen molar-refractivity contribution in [2.75, 3.05) is 31.1 Å². The average Bonchev–Trinajstić information content (AvgIpc) is 2.99. The lowest BCUT2D eigenvalue weighted by molar-refractivity contribution is 0.587. The number of halogens is 1. The fourth-order valence-corrected chi connectivity index (χ4v) is 4.98. The Bertz CT molecular complexity index is 1070. The molecule has 2 aromatic carbocycles. The lowest BCUT2D eigenvalue weighted by Gasteiger charge is -2.29. The molecular weight excluding hydrogens is 353 g/mol. The molecule has 1 N–H and O–H groups in total. The summed E-state index contributed by atoms with van der Waals surface area (Å²) in [5, 5.41) is 3.69. The summed E-state index contributed by atoms with van der Waals surface area (Å²) in [6.45, 7) is 3.42. The van der Waals surface area contributed by atoms with Crippen LogP contribution >= 0.6 is 0 Å². The quantitative estimate of drug-likeness (QED) is 0.767. The van der Waals surface area contributed by atoms with Gasteiger partial charge in [0, 0.05) is 56.0 Å². The molecule has 0 spiro atoms. The molecule has 0 unspecified atom stereocenters. The number of fused-ring (bicyclic) bond motifs is 1. The third kappa shape index (κ3) is 2.87. The topological polar surface area (TPSA) is 54.3 Å². The standard InChI is InChI=1S/C19H20FN3O2S/c1-22-13-19(17-11-14(20)5-6-18(17)22)26(24,25)16-4-2-3-15(12-16)23-9-7-21-8-10-23/h2-6,11-13,21H,7-10H2,1H3. The minimum Gasteiger partial charge on any atom is -0.369 e. The van der Waals surface area contributed by atoms with Crippen LogP contribution in [0.25, 0.3) is 10.9 Å². The highest BCUT2D eigenvalue weighted by Crippen LogP contribution is 2.31. The highest BCUT2D eigenvalue weighted by Gasteiger charge is 2.24. The van der Waals surface area contributed by atoms with Gasteiger partial charge in [0.1, 0.15) is 5.82 Å². The zero-order valence-electron chi connectivity index (χ0n) is 14.4. The molecule has 2 heterocycles. The summed E-state index contributed by atoms with van der Waals surface area (Å²) in [6, 6.07) is 11.2. The van der Waals surface area contributed by atoms with Crippen molar-refractivity contribution < 1.29 is 12.8 Å². The van der Waals surface area contributed by atoms with Gasteiger partial charge < -0.3 is 14.8 Å². The van der Waals surface area contributed by atoms with Crippen LogP contribution < -0.4 is 10.2 Å². The van der Waals surface area contributed by atoms with E-state index in [-0.39, 0.29) is 9.79 Å². The van der Waals surface area contributed by atoms with Crippen LogP contribution in [0, 0.1) is 5.82 Å². The number of piperazine rings is 1. The van der Waals surface area contributed by atoms with Crippen molar-refractivity contribution >= 4 is 26.4 Å². The first-order chi connectivity index (χ1) is 12.5. The van der Waals surface area contributed by atoms with Crippen molar-refractivity contribution in [3.63, 3.8) is 0 Å². The Morgan fingerprint density at radius 3 is 2.62 bits per heavy atom. The van der Waals surface area contributed by atoms with E-state index in [1.807, 2.05) is 6.07 Å². The zero-order valence-corrected chi connectivity index (χ0v) is 15.3. The summed E-state index contributed by atoms with van der Waals surface area (Å²) < 4.78 is 41.9. The summed E-state index contributed by atoms with van der Waals surface area (Å²) in [5.41, 5.74) is 1.57. The first-order valence-electron chi connectivity index (χ1n) is 8.52. The molecular formula is C19H20FN3O2S. The van der Waals surface area contributed by atoms with Crippen molar-refractivity contribution in [2.45, 2.75) is 9.79 Å². The molecule has 0 atom stereocenters. The fourth-order valence-electron chi connectivity index (χ4n) is 3.44. The highest BCUT2D eigenvalue weighted by molar-refractivity contribution is 7.91. The molecule has 136 valence electrons. The van der Waals surface area contributed by atoms with Gasteiger partial charge in [0.25, 0.3) is 0 Å². The molecule has 0 aliphatic carbocycles. The van der Waals surface area contributed by atoms with Gasteiger partial charge in [-0.2, -0.15) is 0 Å². The molecule has 0 amide bonds. The number of rotatable bonds is 3. The van der Waals surface area contributed by atoms with E-state index in [4.69, 9.17) is 0 Å². The number of benzene rings is 2. The van der Waals surface area contributed by atoms with Gasteiger partial charge in [-0.3, -0.25) is 0 Å². The van der Waals surface area contributed by atoms with Gasteiger partial charge in [0.05, 0.1) is 9.79 Å². The van der Waals surface area contributed by atoms with E-state index in [1.54, 1.807) is 42.1 Å². The van der Waals surface area contributed by atoms with Crippen molar-refractivity contribution in [3.05, 3.63) is 54.5 Å². The molecule has 1 aromatic heterocycles. The van der Waals surface area contributed by atoms with Gasteiger partial charge in [0.15, 0.2) is 0 Å². The Labute approximate surface area is 152 Å². The van der Waals surface area contributed by atoms with Crippen LogP contribution in [0.1, 0.15) is 0 Å². The third-order valence-electron chi connectivity index (χ3n) is 4.81. The molecule has 26 heavy (non-hydrogen) atoms. The minimum absolute atomic E-state index is 0.131. The van der Waals surface area contributed by atoms with Crippen molar-refractivity contribution in [3.8, 4) is 0 Å². The second-order valence-corrected chi connectivity index (χ2v) is 8.42. The second-order valence-electron chi connectivity index (χ2n) is 6.50. The molecule has 0 saturated carbocycles. The summed E-state index contributed by atoms with van der Waals surface area (Å²) in [7, 11) is -1.99. The van der Waals surface area contributed by atoms with Crippen molar-refractivity contribution in [1.82, 2.24) is 9.88 Å². The van der Waals surface area contributed by atoms with Gasteiger partial charge in [-0.15, -0.1) is 0 Å². The van der Waals surface area contributed by atoms with E-state index in [0.29, 0.717) is 10.9 Å². The van der Waals surface area contributed by atoms with E-state index in [0.717, 1.165) is 31.9 Å². The van der Waals surface area contributed by atoms with Crippen molar-refractivity contribution in [1.29, 1.82) is 0 Å². The Balaban J connectivity index is 1.81. The molecule has 4 rings (SSSR count). The largest absolute Gasteiger partial charge is 0.369 e. The number of hydrogen-bond donors (Lipinski definition) is 1. The Morgan fingerprint density at radius 2 is 1.85 bits per heavy atom. The van der Waals surface area contributed by atoms with Gasteiger partial charge >= 0.3 is 0 Å². The van der Waals surface area contributed by atoms with E-state index < -0.39 is 15.7 Å². The summed E-state index contributed by atoms with van der Waals surface area (Å²) >= 11 is 0. The molecule has 1 aliphatic heterocycles. The first-order valence-corrected chi connectivity index (χ1v) is 10.0. The molecule has 3 aromatic rings. The minimum atomic E-state index is -3.75. The molecule has 5 nitrogen and oxygen atoms in total. The number of nitrogens with zero attached hydrogens (tertiary/aromatic N) is 2. The molecule has 0 radical (unpaired) electrons. The van der Waals surface area contributed by atoms with Crippen molar-refractivity contribution in [2.24, 2.45) is 7.05 Å². The van der Waals surface area contributed by atoms with Crippen LogP contribution in [0.15, 0.2) is 58.5 Å². The molecule has 7 heteroatoms. The Hall–Kier alpha value is -2.38. The van der Waals surface area contributed by atoms with E-state index >= 15 is 0 Å². The highest BCUT2D eigenvalue weighted by atomic mass is 32.2. The number of anilines is 1. The lowest BCUT2D eigenvalue weighted by Crippen LogP contribution is -2.43. The average molecular weight is 373 g/mol. The third-order valence-corrected chi connectivity index (χ3v) is 6.59. The van der Waals surface area contributed by atoms with Gasteiger partial charge in [-0.1, -0.05) is 6.07 Å². The normalized spacial score (nSPS) is 15.5. The van der Waals surface area contributed by atoms with Crippen LogP contribution in [0.2, 0.25) is 0 Å². The van der Waals surface area contributed by atoms with E-state index in [1.165, 1.54) is 12.1 Å². The Kier molecular flexibility index (Phi) is 4.20. The summed E-state index contributed by atoms with van der Waals surface area (Å²) in [4.78, 5) is 2.52. The first kappa shape index (κ1) is 17.1. The number of sulfone groups is 1. The zero-order chi connectivity index (χ0) is 18.3. The fraction of sp³-hybridized carbons (Fsp3) is 0.263. The number of nitrogens with one attached hydrogen (secondary N) is 1. The summed E-state index contributed by atoms with van der Waals surface area (Å²) in [5.74, 6) is -0.449. The SMILES string of the molecule is Cn1cc(S(=O)(=O)c2cccc(N3CCNCC3)c2)c2cc(F)ccc21. The van der Waals surface area contributed by atoms with Crippen LogP contribution in [-0.4, -0.2) is 39.2 Å². The van der Waals surface area contributed by atoms with Crippen LogP contribution in [0.4, 0.5) is 10.1 Å². The van der Waals surface area contributed by atoms with E-state index in [2.05, 4.69) is 10.2 Å². The molecule has 1 fully saturated rings. The lowest BCUT2D eigenvalue weighted by atomic mass is 10.2. The van der Waals surface area contributed by atoms with Gasteiger partial charge in [-0.05, 0) is 36.4 Å². The summed E-state index contributed by atoms with van der Waals surface area (Å²) in [6.07, 6.45) is 1.55. The van der Waals surface area contributed by atoms with Crippen LogP contribution in [0.3, 0.4) is 0 Å². The number of aryl methyl sites for hydroxylation is 1. The Morgan fingerprint density at radius 1 is 1.08 bits per heavy atom. The van der Waals surface area contributed by atoms with Gasteiger partial charge in [-0.25, -0.2) is 12.8 Å². The predicted molar refractivity (Wildman–Crippen MR) is 99.9 cm³/mol. The maximum absolute atomic E-state index is 13.7. The second kappa shape index (κ2) is 6.41. The predicted octanol–water partition coefficient (Wildman–Crippen LogP) is 2.56. The van der Waals surface area contributed by atoms with Gasteiger partial charge in [0.2, 0.25) is 9.84 Å². The monoisotopic (exact) mass is 373 g/mol. The molecule has 1 saturated heterocycles. The van der Waals surface area contributed by atoms with E-state index in [9.17, 15) is 12.8 Å². The molecule has 0 bridgehead atoms. The number of hydrogen-bond acceptors (Lipinski definition) is 4. The maximum atomic E-state index is 13.7.